The molecule has 7 heteroatoms. The average molecular weight is 309 g/mol. The molecule has 2 atom stereocenters. The predicted molar refractivity (Wildman–Crippen MR) is 80.1 cm³/mol. The van der Waals surface area contributed by atoms with Crippen LogP contribution in [0.3, 0.4) is 0 Å². The fourth-order valence-corrected chi connectivity index (χ4v) is 2.27. The Morgan fingerprint density at radius 2 is 2.27 bits per heavy atom. The first-order valence-electron chi connectivity index (χ1n) is 7.61. The van der Waals surface area contributed by atoms with Crippen molar-refractivity contribution in [3.63, 3.8) is 0 Å². The molecule has 1 saturated heterocycles. The van der Waals surface area contributed by atoms with Gasteiger partial charge in [-0.2, -0.15) is 0 Å². The highest BCUT2D eigenvalue weighted by molar-refractivity contribution is 5.86. The van der Waals surface area contributed by atoms with Crippen LogP contribution in [0.5, 0.6) is 0 Å². The first-order chi connectivity index (χ1) is 10.6. The van der Waals surface area contributed by atoms with Gasteiger partial charge in [0.2, 0.25) is 5.91 Å². The molecule has 2 heterocycles. The van der Waals surface area contributed by atoms with Crippen molar-refractivity contribution in [2.75, 3.05) is 13.2 Å². The SMILES string of the molecule is C[C@H](NC(=O)NCC[C@H]1CCCO1)C(=O)NCc1ccco1. The minimum Gasteiger partial charge on any atom is -0.467 e. The fraction of sp³-hybridized carbons (Fsp3) is 0.600. The topological polar surface area (TPSA) is 92.6 Å². The molecule has 2 rings (SSSR count). The fourth-order valence-electron chi connectivity index (χ4n) is 2.27. The van der Waals surface area contributed by atoms with Gasteiger partial charge in [0, 0.05) is 13.2 Å². The lowest BCUT2D eigenvalue weighted by atomic mass is 10.2. The van der Waals surface area contributed by atoms with Gasteiger partial charge in [-0.3, -0.25) is 4.79 Å². The van der Waals surface area contributed by atoms with Gasteiger partial charge >= 0.3 is 6.03 Å². The van der Waals surface area contributed by atoms with Crippen LogP contribution in [0.15, 0.2) is 22.8 Å². The quantitative estimate of drug-likeness (QED) is 0.704. The van der Waals surface area contributed by atoms with Crippen molar-refractivity contribution in [2.45, 2.75) is 44.9 Å². The molecule has 7 nitrogen and oxygen atoms in total. The van der Waals surface area contributed by atoms with E-state index in [2.05, 4.69) is 16.0 Å². The van der Waals surface area contributed by atoms with Crippen molar-refractivity contribution in [1.29, 1.82) is 0 Å². The van der Waals surface area contributed by atoms with Gasteiger partial charge in [-0.15, -0.1) is 0 Å². The first kappa shape index (κ1) is 16.4. The van der Waals surface area contributed by atoms with E-state index in [0.717, 1.165) is 25.9 Å². The maximum Gasteiger partial charge on any atom is 0.315 e. The lowest BCUT2D eigenvalue weighted by molar-refractivity contribution is -0.122. The summed E-state index contributed by atoms with van der Waals surface area (Å²) in [6.45, 7) is 3.29. The average Bonchev–Trinajstić information content (AvgIpc) is 3.18. The molecule has 1 aromatic rings. The van der Waals surface area contributed by atoms with Crippen LogP contribution in [-0.2, 0) is 16.1 Å². The highest BCUT2D eigenvalue weighted by Crippen LogP contribution is 2.14. The second-order valence-corrected chi connectivity index (χ2v) is 5.34. The number of carbonyl (C=O) groups excluding carboxylic acids is 2. The van der Waals surface area contributed by atoms with E-state index < -0.39 is 6.04 Å². The maximum atomic E-state index is 11.8. The van der Waals surface area contributed by atoms with Gasteiger partial charge in [0.25, 0.3) is 0 Å². The monoisotopic (exact) mass is 309 g/mol. The molecule has 0 spiro atoms. The van der Waals surface area contributed by atoms with E-state index in [1.165, 1.54) is 0 Å². The zero-order valence-corrected chi connectivity index (χ0v) is 12.8. The highest BCUT2D eigenvalue weighted by Gasteiger charge is 2.17. The van der Waals surface area contributed by atoms with Gasteiger partial charge in [0.05, 0.1) is 18.9 Å². The summed E-state index contributed by atoms with van der Waals surface area (Å²) in [5.74, 6) is 0.409. The van der Waals surface area contributed by atoms with Crippen molar-refractivity contribution >= 4 is 11.9 Å². The van der Waals surface area contributed by atoms with Crippen LogP contribution in [-0.4, -0.2) is 37.2 Å². The molecule has 0 unspecified atom stereocenters. The van der Waals surface area contributed by atoms with Crippen LogP contribution in [0.25, 0.3) is 0 Å². The largest absolute Gasteiger partial charge is 0.467 e. The summed E-state index contributed by atoms with van der Waals surface area (Å²) in [7, 11) is 0. The van der Waals surface area contributed by atoms with Crippen molar-refractivity contribution < 1.29 is 18.7 Å². The second-order valence-electron chi connectivity index (χ2n) is 5.34. The number of urea groups is 1. The molecule has 122 valence electrons. The summed E-state index contributed by atoms with van der Waals surface area (Å²) in [6.07, 6.45) is 4.73. The molecule has 3 amide bonds. The molecule has 0 radical (unpaired) electrons. The first-order valence-corrected chi connectivity index (χ1v) is 7.61. The number of carbonyl (C=O) groups is 2. The third-order valence-electron chi connectivity index (χ3n) is 3.53. The van der Waals surface area contributed by atoms with Gasteiger partial charge in [-0.1, -0.05) is 0 Å². The summed E-state index contributed by atoms with van der Waals surface area (Å²) in [6, 6.07) is 2.57. The summed E-state index contributed by atoms with van der Waals surface area (Å²) < 4.78 is 10.6. The number of furan rings is 1. The van der Waals surface area contributed by atoms with Gasteiger partial charge in [0.1, 0.15) is 11.8 Å². The molecule has 0 bridgehead atoms. The van der Waals surface area contributed by atoms with Crippen molar-refractivity contribution in [2.24, 2.45) is 0 Å². The molecule has 1 aliphatic heterocycles. The maximum absolute atomic E-state index is 11.8. The van der Waals surface area contributed by atoms with E-state index in [4.69, 9.17) is 9.15 Å². The van der Waals surface area contributed by atoms with Crippen LogP contribution in [0, 0.1) is 0 Å². The molecule has 1 aliphatic rings. The van der Waals surface area contributed by atoms with Crippen molar-refractivity contribution in [3.8, 4) is 0 Å². The Labute approximate surface area is 129 Å². The predicted octanol–water partition coefficient (Wildman–Crippen LogP) is 1.15. The normalized spacial score (nSPS) is 18.7. The van der Waals surface area contributed by atoms with Crippen LogP contribution >= 0.6 is 0 Å². The Bertz CT molecular complexity index is 469. The van der Waals surface area contributed by atoms with E-state index in [-0.39, 0.29) is 18.0 Å². The van der Waals surface area contributed by atoms with Gasteiger partial charge < -0.3 is 25.1 Å². The Hall–Kier alpha value is -2.02. The number of hydrogen-bond acceptors (Lipinski definition) is 4. The molecule has 1 fully saturated rings. The molecule has 0 aliphatic carbocycles. The van der Waals surface area contributed by atoms with E-state index >= 15 is 0 Å². The Balaban J connectivity index is 1.59. The van der Waals surface area contributed by atoms with Gasteiger partial charge in [-0.05, 0) is 38.3 Å². The lowest BCUT2D eigenvalue weighted by Gasteiger charge is -2.15. The molecule has 1 aromatic heterocycles. The molecular formula is C15H23N3O4. The summed E-state index contributed by atoms with van der Waals surface area (Å²) in [4.78, 5) is 23.5. The number of nitrogens with one attached hydrogen (secondary N) is 3. The van der Waals surface area contributed by atoms with Crippen LogP contribution in [0.1, 0.15) is 31.9 Å². The van der Waals surface area contributed by atoms with Gasteiger partial charge in [-0.25, -0.2) is 4.79 Å². The third-order valence-corrected chi connectivity index (χ3v) is 3.53. The number of hydrogen-bond donors (Lipinski definition) is 3. The molecule has 22 heavy (non-hydrogen) atoms. The summed E-state index contributed by atoms with van der Waals surface area (Å²) >= 11 is 0. The Morgan fingerprint density at radius 3 is 2.95 bits per heavy atom. The third kappa shape index (κ3) is 5.40. The number of amides is 3. The number of ether oxygens (including phenoxy) is 1. The summed E-state index contributed by atoms with van der Waals surface area (Å²) in [5.41, 5.74) is 0. The van der Waals surface area contributed by atoms with Crippen LogP contribution < -0.4 is 16.0 Å². The van der Waals surface area contributed by atoms with E-state index in [1.807, 2.05) is 0 Å². The smallest absolute Gasteiger partial charge is 0.315 e. The lowest BCUT2D eigenvalue weighted by Crippen LogP contribution is -2.48. The standard InChI is InChI=1S/C15H23N3O4/c1-11(14(19)17-10-13-5-3-9-22-13)18-15(20)16-7-6-12-4-2-8-21-12/h3,5,9,11-12H,2,4,6-8,10H2,1H3,(H,17,19)(H2,16,18,20)/t11-,12+/m0/s1. The minimum absolute atomic E-state index is 0.245. The molecular weight excluding hydrogens is 286 g/mol. The Morgan fingerprint density at radius 1 is 1.41 bits per heavy atom. The zero-order chi connectivity index (χ0) is 15.8. The van der Waals surface area contributed by atoms with Crippen molar-refractivity contribution in [3.05, 3.63) is 24.2 Å². The Kier molecular flexibility index (Phi) is 6.27. The van der Waals surface area contributed by atoms with E-state index in [0.29, 0.717) is 18.8 Å². The second kappa shape index (κ2) is 8.43. The van der Waals surface area contributed by atoms with Crippen molar-refractivity contribution in [1.82, 2.24) is 16.0 Å². The highest BCUT2D eigenvalue weighted by atomic mass is 16.5. The zero-order valence-electron chi connectivity index (χ0n) is 12.8. The molecule has 0 aromatic carbocycles. The van der Waals surface area contributed by atoms with E-state index in [9.17, 15) is 9.59 Å². The van der Waals surface area contributed by atoms with E-state index in [1.54, 1.807) is 25.3 Å². The minimum atomic E-state index is -0.613. The van der Waals surface area contributed by atoms with Gasteiger partial charge in [0.15, 0.2) is 0 Å². The molecule has 0 saturated carbocycles. The molecule has 3 N–H and O–H groups in total. The number of rotatable bonds is 7. The van der Waals surface area contributed by atoms with Crippen LogP contribution in [0.4, 0.5) is 4.79 Å². The van der Waals surface area contributed by atoms with Crippen LogP contribution in [0.2, 0.25) is 0 Å². The summed E-state index contributed by atoms with van der Waals surface area (Å²) in [5, 5.41) is 8.03.